The lowest BCUT2D eigenvalue weighted by molar-refractivity contribution is -0.385. The molecule has 0 heterocycles. The number of rotatable bonds is 3. The lowest BCUT2D eigenvalue weighted by atomic mass is 10.1. The largest absolute Gasteiger partial charge is 0.388 e. The number of nitrogens with zero attached hydrogens (tertiary/aromatic N) is 1. The van der Waals surface area contributed by atoms with Crippen molar-refractivity contribution in [2.24, 2.45) is 0 Å². The molecular weight excluding hydrogens is 186 g/mol. The molecule has 0 saturated heterocycles. The zero-order valence-corrected chi connectivity index (χ0v) is 7.56. The van der Waals surface area contributed by atoms with Gasteiger partial charge in [0.1, 0.15) is 6.61 Å². The van der Waals surface area contributed by atoms with Gasteiger partial charge in [-0.25, -0.2) is 0 Å². The molecule has 1 N–H and O–H groups in total. The minimum atomic E-state index is -0.639. The lowest BCUT2D eigenvalue weighted by Gasteiger charge is -1.99. The van der Waals surface area contributed by atoms with Crippen LogP contribution in [0.15, 0.2) is 18.2 Å². The number of aliphatic hydroxyl groups is 1. The molecule has 0 spiro atoms. The summed E-state index contributed by atoms with van der Waals surface area (Å²) in [5.41, 5.74) is 0.540. The third-order valence-electron chi connectivity index (χ3n) is 1.87. The fraction of sp³-hybridized carbons (Fsp3) is 0.222. The first kappa shape index (κ1) is 10.3. The summed E-state index contributed by atoms with van der Waals surface area (Å²) in [4.78, 5) is 21.0. The van der Waals surface area contributed by atoms with E-state index in [-0.39, 0.29) is 11.3 Å². The van der Waals surface area contributed by atoms with Crippen molar-refractivity contribution in [3.05, 3.63) is 39.4 Å². The second kappa shape index (κ2) is 3.97. The van der Waals surface area contributed by atoms with Gasteiger partial charge in [0.25, 0.3) is 5.69 Å². The zero-order valence-electron chi connectivity index (χ0n) is 7.56. The van der Waals surface area contributed by atoms with E-state index in [1.165, 1.54) is 18.2 Å². The first-order valence-corrected chi connectivity index (χ1v) is 3.95. The van der Waals surface area contributed by atoms with Crippen LogP contribution in [0.4, 0.5) is 5.69 Å². The molecule has 0 radical (unpaired) electrons. The van der Waals surface area contributed by atoms with Gasteiger partial charge in [0.15, 0.2) is 5.78 Å². The number of ketones is 1. The Morgan fingerprint density at radius 1 is 1.57 bits per heavy atom. The van der Waals surface area contributed by atoms with Gasteiger partial charge in [-0.2, -0.15) is 0 Å². The van der Waals surface area contributed by atoms with E-state index in [0.29, 0.717) is 5.56 Å². The summed E-state index contributed by atoms with van der Waals surface area (Å²) in [5.74, 6) is -0.520. The minimum absolute atomic E-state index is 0.107. The number of carbonyl (C=O) groups excluding carboxylic acids is 1. The fourth-order valence-corrected chi connectivity index (χ4v) is 1.07. The van der Waals surface area contributed by atoms with Gasteiger partial charge in [0.05, 0.1) is 4.92 Å². The molecule has 74 valence electrons. The van der Waals surface area contributed by atoms with Crippen LogP contribution in [0.5, 0.6) is 0 Å². The second-order valence-electron chi connectivity index (χ2n) is 2.84. The molecule has 5 nitrogen and oxygen atoms in total. The standard InChI is InChI=1S/C9H9NO4/c1-6-2-3-7(9(12)5-11)4-8(6)10(13)14/h2-4,11H,5H2,1H3. The Labute approximate surface area is 80.1 Å². The summed E-state index contributed by atoms with van der Waals surface area (Å²) in [5, 5.41) is 19.1. The van der Waals surface area contributed by atoms with E-state index >= 15 is 0 Å². The molecule has 0 unspecified atom stereocenters. The number of aliphatic hydroxyl groups excluding tert-OH is 1. The molecule has 0 atom stereocenters. The summed E-state index contributed by atoms with van der Waals surface area (Å²) in [6.45, 7) is 0.950. The van der Waals surface area contributed by atoms with Gasteiger partial charge in [-0.3, -0.25) is 14.9 Å². The van der Waals surface area contributed by atoms with Crippen LogP contribution in [-0.4, -0.2) is 22.4 Å². The highest BCUT2D eigenvalue weighted by Crippen LogP contribution is 2.19. The van der Waals surface area contributed by atoms with Crippen molar-refractivity contribution in [1.82, 2.24) is 0 Å². The smallest absolute Gasteiger partial charge is 0.273 e. The van der Waals surface area contributed by atoms with Gasteiger partial charge >= 0.3 is 0 Å². The average molecular weight is 195 g/mol. The van der Waals surface area contributed by atoms with Gasteiger partial charge in [0.2, 0.25) is 0 Å². The SMILES string of the molecule is Cc1ccc(C(=O)CO)cc1[N+](=O)[O-]. The molecule has 0 aliphatic rings. The van der Waals surface area contributed by atoms with E-state index in [1.807, 2.05) is 0 Å². The van der Waals surface area contributed by atoms with E-state index in [1.54, 1.807) is 6.92 Å². The van der Waals surface area contributed by atoms with Crippen LogP contribution < -0.4 is 0 Å². The summed E-state index contributed by atoms with van der Waals surface area (Å²) in [7, 11) is 0. The lowest BCUT2D eigenvalue weighted by Crippen LogP contribution is -2.05. The number of carbonyl (C=O) groups is 1. The fourth-order valence-electron chi connectivity index (χ4n) is 1.07. The maximum absolute atomic E-state index is 11.0. The Kier molecular flexibility index (Phi) is 2.93. The molecule has 1 aromatic rings. The molecule has 0 fully saturated rings. The summed E-state index contributed by atoms with van der Waals surface area (Å²) < 4.78 is 0. The van der Waals surface area contributed by atoms with E-state index in [0.717, 1.165) is 0 Å². The number of nitro benzene ring substituents is 1. The van der Waals surface area contributed by atoms with Crippen LogP contribution in [0, 0.1) is 17.0 Å². The minimum Gasteiger partial charge on any atom is -0.388 e. The third-order valence-corrected chi connectivity index (χ3v) is 1.87. The molecule has 0 bridgehead atoms. The Balaban J connectivity index is 3.19. The quantitative estimate of drug-likeness (QED) is 0.444. The number of hydrogen-bond acceptors (Lipinski definition) is 4. The summed E-state index contributed by atoms with van der Waals surface area (Å²) >= 11 is 0. The molecule has 5 heteroatoms. The number of aryl methyl sites for hydroxylation is 1. The van der Waals surface area contributed by atoms with Crippen molar-refractivity contribution >= 4 is 11.5 Å². The topological polar surface area (TPSA) is 80.4 Å². The Hall–Kier alpha value is -1.75. The summed E-state index contributed by atoms with van der Waals surface area (Å²) in [6.07, 6.45) is 0. The Morgan fingerprint density at radius 3 is 2.71 bits per heavy atom. The van der Waals surface area contributed by atoms with Crippen molar-refractivity contribution in [2.45, 2.75) is 6.92 Å². The predicted octanol–water partition coefficient (Wildman–Crippen LogP) is 1.08. The van der Waals surface area contributed by atoms with Gasteiger partial charge in [0, 0.05) is 17.2 Å². The highest BCUT2D eigenvalue weighted by molar-refractivity contribution is 5.97. The molecule has 1 rings (SSSR count). The molecule has 0 aliphatic heterocycles. The van der Waals surface area contributed by atoms with Crippen LogP contribution in [0.3, 0.4) is 0 Å². The van der Waals surface area contributed by atoms with E-state index in [2.05, 4.69) is 0 Å². The van der Waals surface area contributed by atoms with Crippen molar-refractivity contribution in [3.63, 3.8) is 0 Å². The average Bonchev–Trinajstić information content (AvgIpc) is 2.17. The predicted molar refractivity (Wildman–Crippen MR) is 49.2 cm³/mol. The molecule has 1 aromatic carbocycles. The van der Waals surface area contributed by atoms with E-state index < -0.39 is 17.3 Å². The van der Waals surface area contributed by atoms with Crippen LogP contribution in [0.2, 0.25) is 0 Å². The highest BCUT2D eigenvalue weighted by Gasteiger charge is 2.13. The monoisotopic (exact) mass is 195 g/mol. The van der Waals surface area contributed by atoms with Crippen molar-refractivity contribution in [1.29, 1.82) is 0 Å². The van der Waals surface area contributed by atoms with E-state index in [9.17, 15) is 14.9 Å². The zero-order chi connectivity index (χ0) is 10.7. The second-order valence-corrected chi connectivity index (χ2v) is 2.84. The van der Waals surface area contributed by atoms with Crippen LogP contribution >= 0.6 is 0 Å². The molecule has 0 aliphatic carbocycles. The van der Waals surface area contributed by atoms with Gasteiger partial charge in [-0.1, -0.05) is 12.1 Å². The number of Topliss-reactive ketones (excluding diaryl/α,β-unsaturated/α-hetero) is 1. The van der Waals surface area contributed by atoms with Gasteiger partial charge in [-0.15, -0.1) is 0 Å². The maximum Gasteiger partial charge on any atom is 0.273 e. The van der Waals surface area contributed by atoms with Gasteiger partial charge < -0.3 is 5.11 Å². The number of nitro groups is 1. The molecule has 0 amide bonds. The summed E-state index contributed by atoms with van der Waals surface area (Å²) in [6, 6.07) is 4.12. The first-order valence-electron chi connectivity index (χ1n) is 3.95. The third kappa shape index (κ3) is 1.94. The number of benzene rings is 1. The first-order chi connectivity index (χ1) is 6.56. The van der Waals surface area contributed by atoms with Crippen LogP contribution in [-0.2, 0) is 0 Å². The Morgan fingerprint density at radius 2 is 2.21 bits per heavy atom. The molecule has 0 saturated carbocycles. The molecule has 0 aromatic heterocycles. The maximum atomic E-state index is 11.0. The molecular formula is C9H9NO4. The van der Waals surface area contributed by atoms with Crippen molar-refractivity contribution < 1.29 is 14.8 Å². The van der Waals surface area contributed by atoms with Gasteiger partial charge in [-0.05, 0) is 6.92 Å². The van der Waals surface area contributed by atoms with E-state index in [4.69, 9.17) is 5.11 Å². The Bertz CT molecular complexity index is 386. The van der Waals surface area contributed by atoms with Crippen molar-refractivity contribution in [2.75, 3.05) is 6.61 Å². The van der Waals surface area contributed by atoms with Crippen LogP contribution in [0.1, 0.15) is 15.9 Å². The molecule has 14 heavy (non-hydrogen) atoms. The number of hydrogen-bond donors (Lipinski definition) is 1. The van der Waals surface area contributed by atoms with Crippen LogP contribution in [0.25, 0.3) is 0 Å². The normalized spacial score (nSPS) is 9.86. The van der Waals surface area contributed by atoms with Crippen molar-refractivity contribution in [3.8, 4) is 0 Å². The highest BCUT2D eigenvalue weighted by atomic mass is 16.6.